The zero-order valence-corrected chi connectivity index (χ0v) is 16.3. The van der Waals surface area contributed by atoms with E-state index in [4.69, 9.17) is 4.74 Å². The molecule has 1 atom stereocenters. The van der Waals surface area contributed by atoms with Crippen LogP contribution in [0, 0.1) is 11.6 Å². The Labute approximate surface area is 170 Å². The Morgan fingerprint density at radius 3 is 2.60 bits per heavy atom. The maximum Gasteiger partial charge on any atom is 0.414 e. The number of alkyl halides is 2. The van der Waals surface area contributed by atoms with Crippen LogP contribution in [0.3, 0.4) is 0 Å². The van der Waals surface area contributed by atoms with Gasteiger partial charge in [-0.2, -0.15) is 8.78 Å². The average molecular weight is 433 g/mol. The highest BCUT2D eigenvalue weighted by Gasteiger charge is 2.34. The van der Waals surface area contributed by atoms with Crippen molar-refractivity contribution in [1.82, 2.24) is 15.8 Å². The lowest BCUT2D eigenvalue weighted by Gasteiger charge is -2.25. The maximum atomic E-state index is 14.8. The fourth-order valence-corrected chi connectivity index (χ4v) is 3.41. The number of likely N-dealkylation sites (N-methyl/N-ethyl adjacent to an activating group) is 1. The van der Waals surface area contributed by atoms with Crippen LogP contribution >= 0.6 is 0 Å². The molecule has 2 N–H and O–H groups in total. The van der Waals surface area contributed by atoms with Gasteiger partial charge in [0.1, 0.15) is 11.8 Å². The highest BCUT2D eigenvalue weighted by atomic mass is 19.3. The summed E-state index contributed by atoms with van der Waals surface area (Å²) in [7, 11) is 0. The van der Waals surface area contributed by atoms with Crippen LogP contribution in [0.5, 0.6) is 0 Å². The number of nitrogens with zero attached hydrogens (tertiary/aromatic N) is 3. The van der Waals surface area contributed by atoms with Gasteiger partial charge in [-0.3, -0.25) is 15.1 Å². The van der Waals surface area contributed by atoms with Crippen molar-refractivity contribution in [3.63, 3.8) is 0 Å². The smallest absolute Gasteiger partial charge is 0.414 e. The molecule has 0 unspecified atom stereocenters. The van der Waals surface area contributed by atoms with E-state index in [0.717, 1.165) is 23.6 Å². The molecule has 0 radical (unpaired) electrons. The lowest BCUT2D eigenvalue weighted by Crippen LogP contribution is -2.38. The molecule has 2 aliphatic rings. The van der Waals surface area contributed by atoms with Crippen LogP contribution in [-0.2, 0) is 9.53 Å². The second-order valence-electron chi connectivity index (χ2n) is 6.90. The van der Waals surface area contributed by atoms with Crippen LogP contribution in [0.15, 0.2) is 12.1 Å². The van der Waals surface area contributed by atoms with Crippen molar-refractivity contribution in [3.8, 4) is 0 Å². The normalized spacial score (nSPS) is 20.5. The third-order valence-electron chi connectivity index (χ3n) is 4.94. The van der Waals surface area contributed by atoms with Crippen LogP contribution < -0.4 is 20.5 Å². The molecule has 2 saturated heterocycles. The third kappa shape index (κ3) is 4.93. The Morgan fingerprint density at radius 1 is 1.27 bits per heavy atom. The molecule has 8 nitrogen and oxygen atoms in total. The number of amides is 2. The highest BCUT2D eigenvalue weighted by molar-refractivity contribution is 5.90. The van der Waals surface area contributed by atoms with Gasteiger partial charge in [-0.25, -0.2) is 18.6 Å². The molecule has 3 rings (SSSR count). The number of hydrazine groups is 1. The van der Waals surface area contributed by atoms with Gasteiger partial charge in [0.2, 0.25) is 0 Å². The summed E-state index contributed by atoms with van der Waals surface area (Å²) in [6, 6.07) is 2.07. The molecule has 1 aromatic rings. The van der Waals surface area contributed by atoms with Gasteiger partial charge in [0.15, 0.2) is 11.6 Å². The topological polar surface area (TPSA) is 77.2 Å². The van der Waals surface area contributed by atoms with E-state index in [1.165, 1.54) is 0 Å². The molecular weight excluding hydrogens is 410 g/mol. The van der Waals surface area contributed by atoms with Crippen molar-refractivity contribution in [3.05, 3.63) is 23.8 Å². The lowest BCUT2D eigenvalue weighted by atomic mass is 10.2. The SMILES string of the molecule is CCN1CCN(c2c(F)cc(N3C[C@H](CNC(=O)C(F)F)OC3=O)cc2F)CCN1. The number of hydrogen-bond donors (Lipinski definition) is 2. The number of nitrogens with one attached hydrogen (secondary N) is 2. The molecule has 1 aromatic carbocycles. The van der Waals surface area contributed by atoms with Crippen molar-refractivity contribution in [2.45, 2.75) is 19.5 Å². The van der Waals surface area contributed by atoms with Crippen molar-refractivity contribution < 1.29 is 31.9 Å². The summed E-state index contributed by atoms with van der Waals surface area (Å²) in [6.07, 6.45) is -4.98. The van der Waals surface area contributed by atoms with Gasteiger partial charge in [-0.15, -0.1) is 0 Å². The Kier molecular flexibility index (Phi) is 6.98. The number of carbonyl (C=O) groups excluding carboxylic acids is 2. The molecule has 166 valence electrons. The summed E-state index contributed by atoms with van der Waals surface area (Å²) in [5.41, 5.74) is 2.94. The summed E-state index contributed by atoms with van der Waals surface area (Å²) >= 11 is 0. The Bertz CT molecular complexity index is 774. The van der Waals surface area contributed by atoms with E-state index < -0.39 is 36.2 Å². The molecule has 30 heavy (non-hydrogen) atoms. The molecule has 0 aliphatic carbocycles. The minimum absolute atomic E-state index is 0.0513. The summed E-state index contributed by atoms with van der Waals surface area (Å²) in [5, 5.41) is 3.90. The molecule has 0 spiro atoms. The molecule has 12 heteroatoms. The zero-order chi connectivity index (χ0) is 21.8. The van der Waals surface area contributed by atoms with E-state index in [-0.39, 0.29) is 24.5 Å². The standard InChI is InChI=1S/C18H23F4N5O3/c1-2-26-6-5-25(4-3-24-26)15-13(19)7-11(8-14(15)20)27-10-12(30-18(27)29)9-23-17(28)16(21)22/h7-8,12,16,24H,2-6,9-10H2,1H3,(H,23,28)/t12-/m0/s1. The van der Waals surface area contributed by atoms with Crippen molar-refractivity contribution in [1.29, 1.82) is 0 Å². The van der Waals surface area contributed by atoms with Crippen LogP contribution in [0.1, 0.15) is 6.92 Å². The molecule has 0 bridgehead atoms. The number of carbonyl (C=O) groups is 2. The minimum Gasteiger partial charge on any atom is -0.442 e. The number of rotatable bonds is 6. The van der Waals surface area contributed by atoms with Gasteiger partial charge in [-0.05, 0) is 0 Å². The lowest BCUT2D eigenvalue weighted by molar-refractivity contribution is -0.132. The molecule has 0 aromatic heterocycles. The van der Waals surface area contributed by atoms with Gasteiger partial charge in [0.25, 0.3) is 5.91 Å². The first-order valence-electron chi connectivity index (χ1n) is 9.56. The fraction of sp³-hybridized carbons (Fsp3) is 0.556. The maximum absolute atomic E-state index is 14.8. The molecule has 2 heterocycles. The van der Waals surface area contributed by atoms with Crippen molar-refractivity contribution in [2.75, 3.05) is 55.6 Å². The third-order valence-corrected chi connectivity index (χ3v) is 4.94. The van der Waals surface area contributed by atoms with Crippen LogP contribution in [0.2, 0.25) is 0 Å². The number of hydrogen-bond acceptors (Lipinski definition) is 6. The number of benzene rings is 1. The molecule has 2 fully saturated rings. The molecule has 2 aliphatic heterocycles. The van der Waals surface area contributed by atoms with E-state index in [9.17, 15) is 27.2 Å². The van der Waals surface area contributed by atoms with Crippen molar-refractivity contribution >= 4 is 23.4 Å². The van der Waals surface area contributed by atoms with Gasteiger partial charge in [0, 0.05) is 44.9 Å². The number of cyclic esters (lactones) is 1. The van der Waals surface area contributed by atoms with E-state index in [1.54, 1.807) is 4.90 Å². The number of ether oxygens (including phenoxy) is 1. The highest BCUT2D eigenvalue weighted by Crippen LogP contribution is 2.31. The summed E-state index contributed by atoms with van der Waals surface area (Å²) in [5.74, 6) is -3.13. The first-order valence-corrected chi connectivity index (χ1v) is 9.56. The fourth-order valence-electron chi connectivity index (χ4n) is 3.41. The van der Waals surface area contributed by atoms with Crippen LogP contribution in [0.4, 0.5) is 33.7 Å². The Balaban J connectivity index is 1.70. The Morgan fingerprint density at radius 2 is 1.97 bits per heavy atom. The predicted octanol–water partition coefficient (Wildman–Crippen LogP) is 1.32. The number of anilines is 2. The van der Waals surface area contributed by atoms with Gasteiger partial charge in [0.05, 0.1) is 18.8 Å². The second kappa shape index (κ2) is 9.47. The summed E-state index contributed by atoms with van der Waals surface area (Å²) in [6.45, 7) is 4.20. The summed E-state index contributed by atoms with van der Waals surface area (Å²) < 4.78 is 59.1. The Hall–Kier alpha value is -2.60. The van der Waals surface area contributed by atoms with Crippen molar-refractivity contribution in [2.24, 2.45) is 0 Å². The van der Waals surface area contributed by atoms with Crippen LogP contribution in [0.25, 0.3) is 0 Å². The monoisotopic (exact) mass is 433 g/mol. The summed E-state index contributed by atoms with van der Waals surface area (Å²) in [4.78, 5) is 25.6. The van der Waals surface area contributed by atoms with Crippen LogP contribution in [-0.4, -0.2) is 75.4 Å². The van der Waals surface area contributed by atoms with E-state index >= 15 is 0 Å². The molecular formula is C18H23F4N5O3. The van der Waals surface area contributed by atoms with E-state index in [2.05, 4.69) is 5.43 Å². The molecule has 2 amide bonds. The first kappa shape index (κ1) is 22.1. The van der Waals surface area contributed by atoms with Gasteiger partial charge >= 0.3 is 12.5 Å². The first-order chi connectivity index (χ1) is 14.3. The minimum atomic E-state index is -3.19. The largest absolute Gasteiger partial charge is 0.442 e. The van der Waals surface area contributed by atoms with E-state index in [0.29, 0.717) is 26.2 Å². The van der Waals surface area contributed by atoms with E-state index in [1.807, 2.05) is 17.2 Å². The zero-order valence-electron chi connectivity index (χ0n) is 16.3. The molecule has 0 saturated carbocycles. The number of halogens is 4. The second-order valence-corrected chi connectivity index (χ2v) is 6.90. The quantitative estimate of drug-likeness (QED) is 0.659. The predicted molar refractivity (Wildman–Crippen MR) is 100 cm³/mol. The van der Waals surface area contributed by atoms with Gasteiger partial charge in [-0.1, -0.05) is 6.92 Å². The average Bonchev–Trinajstić information content (AvgIpc) is 2.91. The van der Waals surface area contributed by atoms with Gasteiger partial charge < -0.3 is 15.0 Å².